The van der Waals surface area contributed by atoms with Crippen molar-refractivity contribution in [3.8, 4) is 0 Å². The van der Waals surface area contributed by atoms with Crippen LogP contribution in [0.2, 0.25) is 0 Å². The van der Waals surface area contributed by atoms with Gasteiger partial charge in [-0.25, -0.2) is 0 Å². The van der Waals surface area contributed by atoms with Crippen molar-refractivity contribution in [2.24, 2.45) is 5.92 Å². The molecule has 0 radical (unpaired) electrons. The minimum atomic E-state index is -0.378. The van der Waals surface area contributed by atoms with Gasteiger partial charge in [-0.1, -0.05) is 0 Å². The van der Waals surface area contributed by atoms with Crippen molar-refractivity contribution >= 4 is 0 Å². The number of nitrogens with zero attached hydrogens (tertiary/aromatic N) is 1. The molecular weight excluding hydrogens is 286 g/mol. The van der Waals surface area contributed by atoms with Crippen LogP contribution in [-0.4, -0.2) is 70.6 Å². The Hall–Kier alpha value is -0.240. The quantitative estimate of drug-likeness (QED) is 0.804. The SMILES string of the molecule is CC(C)(C)O[C@H]1[C@@H]2[C@@H](CO)[C@@H](CO)ON2C[C@@H]1OC(C)(C)C. The third kappa shape index (κ3) is 3.99. The Balaban J connectivity index is 2.22. The van der Waals surface area contributed by atoms with E-state index in [4.69, 9.17) is 14.3 Å². The van der Waals surface area contributed by atoms with E-state index in [1.54, 1.807) is 0 Å². The molecule has 0 unspecified atom stereocenters. The smallest absolute Gasteiger partial charge is 0.109 e. The monoisotopic (exact) mass is 317 g/mol. The van der Waals surface area contributed by atoms with Crippen LogP contribution < -0.4 is 0 Å². The first-order valence-corrected chi connectivity index (χ1v) is 8.06. The molecule has 2 fully saturated rings. The Morgan fingerprint density at radius 1 is 1.00 bits per heavy atom. The van der Waals surface area contributed by atoms with Crippen LogP contribution in [0.1, 0.15) is 41.5 Å². The maximum atomic E-state index is 9.74. The summed E-state index contributed by atoms with van der Waals surface area (Å²) in [7, 11) is 0. The second kappa shape index (κ2) is 6.34. The van der Waals surface area contributed by atoms with Gasteiger partial charge in [-0.2, -0.15) is 5.06 Å². The fraction of sp³-hybridized carbons (Fsp3) is 1.00. The van der Waals surface area contributed by atoms with Crippen molar-refractivity contribution in [1.82, 2.24) is 5.06 Å². The molecule has 6 nitrogen and oxygen atoms in total. The zero-order valence-corrected chi connectivity index (χ0v) is 14.6. The summed E-state index contributed by atoms with van der Waals surface area (Å²) < 4.78 is 12.4. The van der Waals surface area contributed by atoms with Crippen molar-refractivity contribution in [3.63, 3.8) is 0 Å². The topological polar surface area (TPSA) is 71.4 Å². The summed E-state index contributed by atoms with van der Waals surface area (Å²) in [4.78, 5) is 5.79. The first kappa shape index (κ1) is 18.1. The predicted molar refractivity (Wildman–Crippen MR) is 82.3 cm³/mol. The summed E-state index contributed by atoms with van der Waals surface area (Å²) in [5.41, 5.74) is -0.605. The van der Waals surface area contributed by atoms with E-state index >= 15 is 0 Å². The molecule has 0 aliphatic carbocycles. The van der Waals surface area contributed by atoms with Crippen LogP contribution in [-0.2, 0) is 14.3 Å². The van der Waals surface area contributed by atoms with Crippen LogP contribution in [0.5, 0.6) is 0 Å². The van der Waals surface area contributed by atoms with E-state index in [0.717, 1.165) is 0 Å². The van der Waals surface area contributed by atoms with E-state index in [2.05, 4.69) is 0 Å². The zero-order valence-electron chi connectivity index (χ0n) is 14.6. The standard InChI is InChI=1S/C16H31NO5/c1-15(2,3)20-11-7-17-13(14(11)21-16(4,5)6)10(8-18)12(9-19)22-17/h10-14,18-19H,7-9H2,1-6H3/t10-,11-,12+,13-,14+/m0/s1. The number of ether oxygens (including phenoxy) is 2. The van der Waals surface area contributed by atoms with Crippen LogP contribution >= 0.6 is 0 Å². The Kier molecular flexibility index (Phi) is 5.22. The molecule has 2 aliphatic heterocycles. The molecule has 2 heterocycles. The molecule has 0 spiro atoms. The molecule has 130 valence electrons. The number of aliphatic hydroxyl groups is 2. The van der Waals surface area contributed by atoms with Gasteiger partial charge in [0, 0.05) is 5.92 Å². The first-order valence-electron chi connectivity index (χ1n) is 8.06. The van der Waals surface area contributed by atoms with Gasteiger partial charge in [0.25, 0.3) is 0 Å². The fourth-order valence-corrected chi connectivity index (χ4v) is 3.34. The lowest BCUT2D eigenvalue weighted by atomic mass is 9.91. The first-order chi connectivity index (χ1) is 10.1. The van der Waals surface area contributed by atoms with Crippen LogP contribution in [0, 0.1) is 5.92 Å². The second-order valence-corrected chi connectivity index (χ2v) is 8.23. The Morgan fingerprint density at radius 3 is 2.05 bits per heavy atom. The average Bonchev–Trinajstić information content (AvgIpc) is 2.83. The number of hydrogen-bond donors (Lipinski definition) is 2. The third-order valence-electron chi connectivity index (χ3n) is 3.97. The summed E-state index contributed by atoms with van der Waals surface area (Å²) in [6.45, 7) is 12.5. The van der Waals surface area contributed by atoms with Crippen LogP contribution in [0.25, 0.3) is 0 Å². The van der Waals surface area contributed by atoms with E-state index in [9.17, 15) is 10.2 Å². The number of hydrogen-bond acceptors (Lipinski definition) is 6. The lowest BCUT2D eigenvalue weighted by Crippen LogP contribution is -2.47. The molecule has 0 saturated carbocycles. The van der Waals surface area contributed by atoms with Gasteiger partial charge in [0.05, 0.1) is 37.0 Å². The average molecular weight is 317 g/mol. The van der Waals surface area contributed by atoms with Gasteiger partial charge in [-0.15, -0.1) is 0 Å². The van der Waals surface area contributed by atoms with Gasteiger partial charge >= 0.3 is 0 Å². The molecule has 2 saturated heterocycles. The molecule has 0 amide bonds. The maximum Gasteiger partial charge on any atom is 0.109 e. The van der Waals surface area contributed by atoms with Crippen molar-refractivity contribution < 1.29 is 24.5 Å². The molecule has 2 rings (SSSR count). The lowest BCUT2D eigenvalue weighted by Gasteiger charge is -2.35. The minimum Gasteiger partial charge on any atom is -0.396 e. The number of rotatable bonds is 4. The number of fused-ring (bicyclic) bond motifs is 1. The van der Waals surface area contributed by atoms with Crippen molar-refractivity contribution in [3.05, 3.63) is 0 Å². The molecule has 22 heavy (non-hydrogen) atoms. The largest absolute Gasteiger partial charge is 0.396 e. The van der Waals surface area contributed by atoms with Crippen LogP contribution in [0.4, 0.5) is 0 Å². The van der Waals surface area contributed by atoms with E-state index in [-0.39, 0.29) is 54.7 Å². The van der Waals surface area contributed by atoms with Crippen LogP contribution in [0.15, 0.2) is 0 Å². The lowest BCUT2D eigenvalue weighted by molar-refractivity contribution is -0.170. The molecule has 0 aromatic heterocycles. The summed E-state index contributed by atoms with van der Waals surface area (Å²) in [6, 6.07) is -0.103. The highest BCUT2D eigenvalue weighted by atomic mass is 16.7. The Bertz CT molecular complexity index is 376. The van der Waals surface area contributed by atoms with E-state index in [0.29, 0.717) is 6.54 Å². The molecule has 0 aromatic carbocycles. The molecular formula is C16H31NO5. The van der Waals surface area contributed by atoms with E-state index in [1.165, 1.54) is 0 Å². The molecule has 6 heteroatoms. The normalized spacial score (nSPS) is 36.8. The maximum absolute atomic E-state index is 9.74. The predicted octanol–water partition coefficient (Wildman–Crippen LogP) is 0.953. The Morgan fingerprint density at radius 2 is 1.59 bits per heavy atom. The fourth-order valence-electron chi connectivity index (χ4n) is 3.34. The van der Waals surface area contributed by atoms with Gasteiger partial charge in [0.2, 0.25) is 0 Å². The summed E-state index contributed by atoms with van der Waals surface area (Å²) >= 11 is 0. The van der Waals surface area contributed by atoms with Crippen molar-refractivity contribution in [1.29, 1.82) is 0 Å². The molecule has 2 N–H and O–H groups in total. The number of aliphatic hydroxyl groups excluding tert-OH is 2. The summed E-state index contributed by atoms with van der Waals surface area (Å²) in [5.74, 6) is -0.175. The highest BCUT2D eigenvalue weighted by Crippen LogP contribution is 2.40. The molecule has 2 aliphatic rings. The van der Waals surface area contributed by atoms with Gasteiger partial charge in [-0.3, -0.25) is 4.84 Å². The van der Waals surface area contributed by atoms with Gasteiger partial charge < -0.3 is 19.7 Å². The van der Waals surface area contributed by atoms with Crippen LogP contribution in [0.3, 0.4) is 0 Å². The third-order valence-corrected chi connectivity index (χ3v) is 3.97. The highest BCUT2D eigenvalue weighted by molar-refractivity contribution is 5.02. The van der Waals surface area contributed by atoms with E-state index in [1.807, 2.05) is 46.6 Å². The molecule has 0 aromatic rings. The molecule has 5 atom stereocenters. The zero-order chi connectivity index (χ0) is 16.7. The summed E-state index contributed by atoms with van der Waals surface area (Å²) in [6.07, 6.45) is -0.706. The minimum absolute atomic E-state index is 0.0430. The van der Waals surface area contributed by atoms with Gasteiger partial charge in [0.1, 0.15) is 18.3 Å². The van der Waals surface area contributed by atoms with Crippen molar-refractivity contribution in [2.45, 2.75) is 77.1 Å². The highest BCUT2D eigenvalue weighted by Gasteiger charge is 2.56. The number of hydroxylamine groups is 2. The molecule has 0 bridgehead atoms. The van der Waals surface area contributed by atoms with Gasteiger partial charge in [-0.05, 0) is 41.5 Å². The van der Waals surface area contributed by atoms with Crippen molar-refractivity contribution in [2.75, 3.05) is 19.8 Å². The van der Waals surface area contributed by atoms with E-state index < -0.39 is 0 Å². The second-order valence-electron chi connectivity index (χ2n) is 8.23. The van der Waals surface area contributed by atoms with Gasteiger partial charge in [0.15, 0.2) is 0 Å². The summed E-state index contributed by atoms with van der Waals surface area (Å²) in [5, 5.41) is 21.0. The Labute approximate surface area is 133 Å².